The Hall–Kier alpha value is -3.44. The highest BCUT2D eigenvalue weighted by Gasteiger charge is 2.15. The lowest BCUT2D eigenvalue weighted by Crippen LogP contribution is -2.30. The van der Waals surface area contributed by atoms with E-state index in [9.17, 15) is 4.79 Å². The second-order valence-corrected chi connectivity index (χ2v) is 7.37. The number of nitrogens with one attached hydrogen (secondary N) is 1. The molecule has 1 amide bonds. The van der Waals surface area contributed by atoms with Crippen LogP contribution in [0.1, 0.15) is 32.6 Å². The minimum atomic E-state index is -0.236. The van der Waals surface area contributed by atoms with Gasteiger partial charge in [-0.25, -0.2) is 5.43 Å². The smallest absolute Gasteiger partial charge is 0.271 e. The van der Waals surface area contributed by atoms with Gasteiger partial charge < -0.3 is 4.74 Å². The molecule has 5 heteroatoms. The molecule has 4 rings (SSSR count). The van der Waals surface area contributed by atoms with E-state index in [0.717, 1.165) is 31.6 Å². The average Bonchev–Trinajstić information content (AvgIpc) is 2.80. The summed E-state index contributed by atoms with van der Waals surface area (Å²) in [6.45, 7) is 2.90. The SMILES string of the molecule is COc1ccccc1C=NNC(=O)c1ccc(CN2CCc3ccccc3C2)cc1. The molecule has 0 aromatic heterocycles. The topological polar surface area (TPSA) is 53.9 Å². The predicted molar refractivity (Wildman–Crippen MR) is 119 cm³/mol. The highest BCUT2D eigenvalue weighted by Crippen LogP contribution is 2.20. The van der Waals surface area contributed by atoms with E-state index in [1.807, 2.05) is 48.5 Å². The van der Waals surface area contributed by atoms with Crippen molar-refractivity contribution >= 4 is 12.1 Å². The number of amides is 1. The summed E-state index contributed by atoms with van der Waals surface area (Å²) in [5.41, 5.74) is 8.02. The summed E-state index contributed by atoms with van der Waals surface area (Å²) >= 11 is 0. The number of hydrogen-bond donors (Lipinski definition) is 1. The number of methoxy groups -OCH3 is 1. The Morgan fingerprint density at radius 1 is 1.03 bits per heavy atom. The van der Waals surface area contributed by atoms with Gasteiger partial charge in [-0.3, -0.25) is 9.69 Å². The first kappa shape index (κ1) is 19.9. The molecule has 1 aliphatic rings. The van der Waals surface area contributed by atoms with Crippen molar-refractivity contribution in [2.75, 3.05) is 13.7 Å². The molecule has 152 valence electrons. The second kappa shape index (κ2) is 9.37. The fourth-order valence-corrected chi connectivity index (χ4v) is 3.71. The number of ether oxygens (including phenoxy) is 1. The third-order valence-electron chi connectivity index (χ3n) is 5.34. The molecule has 0 fully saturated rings. The van der Waals surface area contributed by atoms with E-state index in [0.29, 0.717) is 11.3 Å². The molecular weight excluding hydrogens is 374 g/mol. The summed E-state index contributed by atoms with van der Waals surface area (Å²) in [5.74, 6) is 0.472. The molecule has 0 spiro atoms. The van der Waals surface area contributed by atoms with E-state index < -0.39 is 0 Å². The Balaban J connectivity index is 1.33. The van der Waals surface area contributed by atoms with E-state index in [1.165, 1.54) is 16.7 Å². The zero-order valence-corrected chi connectivity index (χ0v) is 17.0. The molecule has 1 N–H and O–H groups in total. The molecule has 0 aliphatic carbocycles. The third-order valence-corrected chi connectivity index (χ3v) is 5.34. The lowest BCUT2D eigenvalue weighted by molar-refractivity contribution is 0.0955. The molecule has 0 bridgehead atoms. The van der Waals surface area contributed by atoms with Crippen molar-refractivity contribution < 1.29 is 9.53 Å². The van der Waals surface area contributed by atoms with Crippen molar-refractivity contribution in [3.05, 3.63) is 101 Å². The van der Waals surface area contributed by atoms with Gasteiger partial charge in [0, 0.05) is 30.8 Å². The average molecular weight is 399 g/mol. The van der Waals surface area contributed by atoms with Crippen LogP contribution in [0, 0.1) is 0 Å². The molecule has 0 saturated carbocycles. The first-order chi connectivity index (χ1) is 14.7. The maximum atomic E-state index is 12.4. The van der Waals surface area contributed by atoms with Crippen LogP contribution in [0.4, 0.5) is 0 Å². The Morgan fingerprint density at radius 2 is 1.77 bits per heavy atom. The largest absolute Gasteiger partial charge is 0.496 e. The van der Waals surface area contributed by atoms with Gasteiger partial charge in [0.25, 0.3) is 5.91 Å². The van der Waals surface area contributed by atoms with Gasteiger partial charge in [-0.05, 0) is 47.4 Å². The number of para-hydroxylation sites is 1. The minimum absolute atomic E-state index is 0.236. The number of carbonyl (C=O) groups is 1. The van der Waals surface area contributed by atoms with Gasteiger partial charge in [0.2, 0.25) is 0 Å². The Morgan fingerprint density at radius 3 is 2.57 bits per heavy atom. The van der Waals surface area contributed by atoms with Gasteiger partial charge >= 0.3 is 0 Å². The Bertz CT molecular complexity index is 1040. The maximum absolute atomic E-state index is 12.4. The molecule has 30 heavy (non-hydrogen) atoms. The standard InChI is InChI=1S/C25H25N3O2/c1-30-24-9-5-4-7-22(24)16-26-27-25(29)21-12-10-19(11-13-21)17-28-15-14-20-6-2-3-8-23(20)18-28/h2-13,16H,14-15,17-18H2,1H3,(H,27,29). The summed E-state index contributed by atoms with van der Waals surface area (Å²) in [5, 5.41) is 4.05. The maximum Gasteiger partial charge on any atom is 0.271 e. The molecule has 0 radical (unpaired) electrons. The van der Waals surface area contributed by atoms with Gasteiger partial charge in [0.1, 0.15) is 5.75 Å². The summed E-state index contributed by atoms with van der Waals surface area (Å²) in [6, 6.07) is 23.9. The zero-order valence-electron chi connectivity index (χ0n) is 17.0. The van der Waals surface area contributed by atoms with E-state index in [4.69, 9.17) is 4.74 Å². The molecule has 3 aromatic rings. The van der Waals surface area contributed by atoms with Crippen molar-refractivity contribution in [3.8, 4) is 5.75 Å². The predicted octanol–water partition coefficient (Wildman–Crippen LogP) is 4.02. The van der Waals surface area contributed by atoms with Crippen LogP contribution in [0.3, 0.4) is 0 Å². The first-order valence-electron chi connectivity index (χ1n) is 10.1. The fraction of sp³-hybridized carbons (Fsp3) is 0.200. The lowest BCUT2D eigenvalue weighted by atomic mass is 9.99. The van der Waals surface area contributed by atoms with Crippen molar-refractivity contribution in [2.24, 2.45) is 5.10 Å². The normalized spacial score (nSPS) is 13.8. The molecule has 5 nitrogen and oxygen atoms in total. The zero-order chi connectivity index (χ0) is 20.8. The van der Waals surface area contributed by atoms with Crippen molar-refractivity contribution in [1.82, 2.24) is 10.3 Å². The van der Waals surface area contributed by atoms with E-state index in [2.05, 4.69) is 39.7 Å². The van der Waals surface area contributed by atoms with Crippen molar-refractivity contribution in [2.45, 2.75) is 19.5 Å². The van der Waals surface area contributed by atoms with Crippen LogP contribution in [-0.4, -0.2) is 30.7 Å². The molecule has 0 unspecified atom stereocenters. The Labute approximate surface area is 177 Å². The first-order valence-corrected chi connectivity index (χ1v) is 10.1. The fourth-order valence-electron chi connectivity index (χ4n) is 3.71. The van der Waals surface area contributed by atoms with Gasteiger partial charge in [-0.2, -0.15) is 5.10 Å². The van der Waals surface area contributed by atoms with Crippen LogP contribution in [-0.2, 0) is 19.5 Å². The number of carbonyl (C=O) groups excluding carboxylic acids is 1. The number of benzene rings is 3. The number of hydrazone groups is 1. The van der Waals surface area contributed by atoms with Gasteiger partial charge in [0.05, 0.1) is 13.3 Å². The summed E-state index contributed by atoms with van der Waals surface area (Å²) < 4.78 is 5.27. The van der Waals surface area contributed by atoms with Crippen LogP contribution < -0.4 is 10.2 Å². The number of hydrogen-bond acceptors (Lipinski definition) is 4. The third kappa shape index (κ3) is 4.75. The van der Waals surface area contributed by atoms with Crippen molar-refractivity contribution in [3.63, 3.8) is 0 Å². The Kier molecular flexibility index (Phi) is 6.20. The molecule has 0 atom stereocenters. The molecule has 0 saturated heterocycles. The molecular formula is C25H25N3O2. The highest BCUT2D eigenvalue weighted by molar-refractivity contribution is 5.95. The second-order valence-electron chi connectivity index (χ2n) is 7.37. The highest BCUT2D eigenvalue weighted by atomic mass is 16.5. The van der Waals surface area contributed by atoms with E-state index in [-0.39, 0.29) is 5.91 Å². The lowest BCUT2D eigenvalue weighted by Gasteiger charge is -2.28. The number of rotatable bonds is 6. The minimum Gasteiger partial charge on any atom is -0.496 e. The molecule has 1 heterocycles. The van der Waals surface area contributed by atoms with Crippen LogP contribution >= 0.6 is 0 Å². The summed E-state index contributed by atoms with van der Waals surface area (Å²) in [6.07, 6.45) is 2.67. The molecule has 1 aliphatic heterocycles. The van der Waals surface area contributed by atoms with Gasteiger partial charge in [-0.1, -0.05) is 48.5 Å². The number of fused-ring (bicyclic) bond motifs is 1. The monoisotopic (exact) mass is 399 g/mol. The van der Waals surface area contributed by atoms with Crippen molar-refractivity contribution in [1.29, 1.82) is 0 Å². The quantitative estimate of drug-likeness (QED) is 0.503. The molecule has 3 aromatic carbocycles. The van der Waals surface area contributed by atoms with Crippen LogP contribution in [0.2, 0.25) is 0 Å². The summed E-state index contributed by atoms with van der Waals surface area (Å²) in [7, 11) is 1.61. The van der Waals surface area contributed by atoms with Crippen LogP contribution in [0.5, 0.6) is 5.75 Å². The van der Waals surface area contributed by atoms with Crippen LogP contribution in [0.25, 0.3) is 0 Å². The summed E-state index contributed by atoms with van der Waals surface area (Å²) in [4.78, 5) is 14.8. The van der Waals surface area contributed by atoms with E-state index >= 15 is 0 Å². The van der Waals surface area contributed by atoms with E-state index in [1.54, 1.807) is 13.3 Å². The number of nitrogens with zero attached hydrogens (tertiary/aromatic N) is 2. The van der Waals surface area contributed by atoms with Gasteiger partial charge in [-0.15, -0.1) is 0 Å². The van der Waals surface area contributed by atoms with Crippen LogP contribution in [0.15, 0.2) is 77.9 Å². The van der Waals surface area contributed by atoms with Gasteiger partial charge in [0.15, 0.2) is 0 Å².